The molecule has 1 aliphatic rings. The van der Waals surface area contributed by atoms with Gasteiger partial charge in [-0.1, -0.05) is 0 Å². The predicted octanol–water partition coefficient (Wildman–Crippen LogP) is 2.72. The highest BCUT2D eigenvalue weighted by Crippen LogP contribution is 2.29. The van der Waals surface area contributed by atoms with E-state index in [0.717, 1.165) is 28.0 Å². The number of thiazole rings is 1. The lowest BCUT2D eigenvalue weighted by atomic mass is 10.2. The van der Waals surface area contributed by atoms with Crippen LogP contribution < -0.4 is 0 Å². The molecule has 0 saturated carbocycles. The van der Waals surface area contributed by atoms with Gasteiger partial charge in [-0.3, -0.25) is 4.90 Å². The first-order valence-electron chi connectivity index (χ1n) is 7.23. The largest absolute Gasteiger partial charge is 0.459 e. The van der Waals surface area contributed by atoms with Gasteiger partial charge in [0.05, 0.1) is 10.5 Å². The van der Waals surface area contributed by atoms with Crippen molar-refractivity contribution in [1.82, 2.24) is 9.88 Å². The molecule has 0 bridgehead atoms. The Morgan fingerprint density at radius 2 is 2.18 bits per heavy atom. The molecule has 0 N–H and O–H groups in total. The van der Waals surface area contributed by atoms with Crippen molar-refractivity contribution in [1.29, 1.82) is 0 Å². The number of aryl methyl sites for hydroxylation is 1. The van der Waals surface area contributed by atoms with Crippen LogP contribution in [-0.4, -0.2) is 41.9 Å². The fourth-order valence-electron chi connectivity index (χ4n) is 2.64. The lowest BCUT2D eigenvalue weighted by molar-refractivity contribution is 0.243. The molecule has 0 radical (unpaired) electrons. The highest BCUT2D eigenvalue weighted by Gasteiger charge is 2.39. The van der Waals surface area contributed by atoms with Crippen LogP contribution in [0.5, 0.6) is 0 Å². The van der Waals surface area contributed by atoms with Gasteiger partial charge in [-0.2, -0.15) is 0 Å². The zero-order valence-electron chi connectivity index (χ0n) is 13.0. The van der Waals surface area contributed by atoms with Crippen molar-refractivity contribution in [2.75, 3.05) is 18.8 Å². The van der Waals surface area contributed by atoms with E-state index in [4.69, 9.17) is 4.42 Å². The molecule has 5 nitrogen and oxygen atoms in total. The number of furan rings is 1. The minimum atomic E-state index is -2.99. The number of hydrogen-bond donors (Lipinski definition) is 0. The molecule has 2 aromatic heterocycles. The summed E-state index contributed by atoms with van der Waals surface area (Å²) in [6.07, 6.45) is 1.86. The summed E-state index contributed by atoms with van der Waals surface area (Å²) in [4.78, 5) is 7.72. The van der Waals surface area contributed by atoms with Gasteiger partial charge < -0.3 is 4.42 Å². The van der Waals surface area contributed by atoms with Gasteiger partial charge in [-0.25, -0.2) is 13.4 Å². The van der Waals surface area contributed by atoms with Gasteiger partial charge in [-0.15, -0.1) is 11.3 Å². The number of hydrogen-bond acceptors (Lipinski definition) is 6. The Morgan fingerprint density at radius 3 is 2.82 bits per heavy atom. The van der Waals surface area contributed by atoms with Crippen molar-refractivity contribution in [3.8, 4) is 10.8 Å². The molecule has 0 amide bonds. The second-order valence-electron chi connectivity index (χ2n) is 6.33. The highest BCUT2D eigenvalue weighted by atomic mass is 32.2. The van der Waals surface area contributed by atoms with E-state index in [1.165, 1.54) is 0 Å². The summed E-state index contributed by atoms with van der Waals surface area (Å²) in [5.41, 5.74) is 0. The molecule has 0 aromatic carbocycles. The molecular formula is C15H20N2O3S2. The van der Waals surface area contributed by atoms with Crippen LogP contribution in [0.1, 0.15) is 24.5 Å². The van der Waals surface area contributed by atoms with E-state index in [9.17, 15) is 8.42 Å². The van der Waals surface area contributed by atoms with Crippen molar-refractivity contribution >= 4 is 21.2 Å². The summed E-state index contributed by atoms with van der Waals surface area (Å²) < 4.78 is 29.0. The standard InChI is InChI=1S/C15H20N2O3S2/c1-11-4-5-13(20-11)14-16-8-12(21-14)9-17-6-7-22(18,19)15(2,3)10-17/h4-5,8H,6-7,9-10H2,1-3H3. The van der Waals surface area contributed by atoms with Crippen LogP contribution in [0.4, 0.5) is 0 Å². The smallest absolute Gasteiger partial charge is 0.162 e. The van der Waals surface area contributed by atoms with E-state index < -0.39 is 14.6 Å². The summed E-state index contributed by atoms with van der Waals surface area (Å²) in [6.45, 7) is 7.39. The Morgan fingerprint density at radius 1 is 1.41 bits per heavy atom. The summed E-state index contributed by atoms with van der Waals surface area (Å²) >= 11 is 1.60. The van der Waals surface area contributed by atoms with Crippen LogP contribution in [0.25, 0.3) is 10.8 Å². The molecule has 0 spiro atoms. The third-order valence-corrected chi connectivity index (χ3v) is 7.54. The summed E-state index contributed by atoms with van der Waals surface area (Å²) in [5.74, 6) is 1.88. The maximum Gasteiger partial charge on any atom is 0.162 e. The zero-order valence-corrected chi connectivity index (χ0v) is 14.6. The lowest BCUT2D eigenvalue weighted by Crippen LogP contribution is -2.52. The van der Waals surface area contributed by atoms with Crippen molar-refractivity contribution in [2.24, 2.45) is 0 Å². The molecule has 7 heteroatoms. The van der Waals surface area contributed by atoms with Gasteiger partial charge in [0.15, 0.2) is 20.6 Å². The first-order chi connectivity index (χ1) is 10.3. The van der Waals surface area contributed by atoms with Gasteiger partial charge >= 0.3 is 0 Å². The Kier molecular flexibility index (Phi) is 3.91. The zero-order chi connectivity index (χ0) is 16.0. The molecule has 2 aromatic rings. The second-order valence-corrected chi connectivity index (χ2v) is 10.2. The molecule has 1 aliphatic heterocycles. The Hall–Kier alpha value is -1.18. The molecular weight excluding hydrogens is 320 g/mol. The average molecular weight is 340 g/mol. The molecule has 1 fully saturated rings. The monoisotopic (exact) mass is 340 g/mol. The van der Waals surface area contributed by atoms with Crippen LogP contribution in [0.2, 0.25) is 0 Å². The van der Waals surface area contributed by atoms with E-state index in [1.54, 1.807) is 25.2 Å². The van der Waals surface area contributed by atoms with E-state index in [2.05, 4.69) is 9.88 Å². The fourth-order valence-corrected chi connectivity index (χ4v) is 4.99. The quantitative estimate of drug-likeness (QED) is 0.860. The van der Waals surface area contributed by atoms with E-state index in [0.29, 0.717) is 13.1 Å². The summed E-state index contributed by atoms with van der Waals surface area (Å²) in [7, 11) is -2.99. The molecule has 0 atom stereocenters. The number of rotatable bonds is 3. The number of sulfone groups is 1. The molecule has 3 heterocycles. The number of nitrogens with zero attached hydrogens (tertiary/aromatic N) is 2. The van der Waals surface area contributed by atoms with Crippen molar-refractivity contribution in [3.63, 3.8) is 0 Å². The van der Waals surface area contributed by atoms with Crippen LogP contribution in [0.3, 0.4) is 0 Å². The maximum absolute atomic E-state index is 12.0. The summed E-state index contributed by atoms with van der Waals surface area (Å²) in [6, 6.07) is 3.85. The maximum atomic E-state index is 12.0. The topological polar surface area (TPSA) is 63.4 Å². The van der Waals surface area contributed by atoms with Crippen LogP contribution in [0, 0.1) is 6.92 Å². The second kappa shape index (κ2) is 5.47. The molecule has 3 rings (SSSR count). The van der Waals surface area contributed by atoms with Crippen molar-refractivity contribution in [2.45, 2.75) is 32.1 Å². The normalized spacial score (nSPS) is 21.0. The van der Waals surface area contributed by atoms with Crippen LogP contribution >= 0.6 is 11.3 Å². The van der Waals surface area contributed by atoms with Crippen molar-refractivity contribution < 1.29 is 12.8 Å². The van der Waals surface area contributed by atoms with Crippen molar-refractivity contribution in [3.05, 3.63) is 29.0 Å². The lowest BCUT2D eigenvalue weighted by Gasteiger charge is -2.37. The van der Waals surface area contributed by atoms with Gasteiger partial charge in [0.25, 0.3) is 0 Å². The Labute approximate surface area is 134 Å². The fraction of sp³-hybridized carbons (Fsp3) is 0.533. The van der Waals surface area contributed by atoms with Gasteiger partial charge in [0, 0.05) is 30.7 Å². The van der Waals surface area contributed by atoms with Gasteiger partial charge in [-0.05, 0) is 32.9 Å². The minimum absolute atomic E-state index is 0.225. The average Bonchev–Trinajstić information content (AvgIpc) is 3.03. The first-order valence-corrected chi connectivity index (χ1v) is 9.70. The Balaban J connectivity index is 1.71. The molecule has 22 heavy (non-hydrogen) atoms. The predicted molar refractivity (Wildman–Crippen MR) is 87.7 cm³/mol. The SMILES string of the molecule is Cc1ccc(-c2ncc(CN3CCS(=O)(=O)C(C)(C)C3)s2)o1. The molecule has 0 aliphatic carbocycles. The molecule has 0 unspecified atom stereocenters. The van der Waals surface area contributed by atoms with Gasteiger partial charge in [0.2, 0.25) is 0 Å². The summed E-state index contributed by atoms with van der Waals surface area (Å²) in [5, 5.41) is 0.868. The third-order valence-electron chi connectivity index (χ3n) is 4.01. The minimum Gasteiger partial charge on any atom is -0.459 e. The van der Waals surface area contributed by atoms with Gasteiger partial charge in [0.1, 0.15) is 5.76 Å². The van der Waals surface area contributed by atoms with Crippen LogP contribution in [-0.2, 0) is 16.4 Å². The van der Waals surface area contributed by atoms with E-state index in [-0.39, 0.29) is 5.75 Å². The molecule has 120 valence electrons. The van der Waals surface area contributed by atoms with E-state index in [1.807, 2.05) is 25.3 Å². The highest BCUT2D eigenvalue weighted by molar-refractivity contribution is 7.92. The van der Waals surface area contributed by atoms with E-state index >= 15 is 0 Å². The first kappa shape index (κ1) is 15.7. The molecule has 1 saturated heterocycles. The third kappa shape index (κ3) is 2.98. The van der Waals surface area contributed by atoms with Crippen LogP contribution in [0.15, 0.2) is 22.7 Å². The number of aromatic nitrogens is 1. The Bertz CT molecular complexity index is 774.